The molecule has 5 rings (SSSR count). The molecule has 1 amide bonds. The molecule has 248 valence electrons. The number of hydrogen-bond donors (Lipinski definition) is 2. The number of aliphatic hydroxyl groups excluding tert-OH is 1. The van der Waals surface area contributed by atoms with Crippen LogP contribution in [0.3, 0.4) is 0 Å². The highest BCUT2D eigenvalue weighted by Crippen LogP contribution is 2.29. The second kappa shape index (κ2) is 18.9. The molecular weight excluding hydrogens is 598 g/mol. The Hall–Kier alpha value is -4.09. The van der Waals surface area contributed by atoms with E-state index < -0.39 is 36.8 Å². The number of carbonyl (C=O) groups is 1. The summed E-state index contributed by atoms with van der Waals surface area (Å²) in [5, 5.41) is 14.3. The number of rotatable bonds is 17. The average molecular weight is 642 g/mol. The van der Waals surface area contributed by atoms with Crippen LogP contribution in [0.1, 0.15) is 28.7 Å². The van der Waals surface area contributed by atoms with Crippen LogP contribution in [-0.2, 0) is 54.8 Å². The van der Waals surface area contributed by atoms with Crippen molar-refractivity contribution in [2.45, 2.75) is 63.6 Å². The molecule has 9 heteroatoms. The number of aliphatic hydroxyl groups is 1. The van der Waals surface area contributed by atoms with Crippen molar-refractivity contribution in [2.75, 3.05) is 19.8 Å². The van der Waals surface area contributed by atoms with Crippen LogP contribution in [0.4, 0.5) is 4.79 Å². The second-order valence-corrected chi connectivity index (χ2v) is 11.3. The summed E-state index contributed by atoms with van der Waals surface area (Å²) >= 11 is 0. The molecule has 1 saturated heterocycles. The van der Waals surface area contributed by atoms with Crippen molar-refractivity contribution < 1.29 is 38.3 Å². The minimum absolute atomic E-state index is 0.191. The molecule has 4 aromatic carbocycles. The highest BCUT2D eigenvalue weighted by Gasteiger charge is 2.47. The van der Waals surface area contributed by atoms with E-state index in [-0.39, 0.29) is 26.4 Å². The monoisotopic (exact) mass is 641 g/mol. The predicted molar refractivity (Wildman–Crippen MR) is 176 cm³/mol. The molecule has 1 aliphatic rings. The van der Waals surface area contributed by atoms with Crippen molar-refractivity contribution in [1.82, 2.24) is 5.32 Å². The van der Waals surface area contributed by atoms with Crippen LogP contribution in [-0.4, -0.2) is 61.7 Å². The van der Waals surface area contributed by atoms with Gasteiger partial charge in [-0.2, -0.15) is 0 Å². The Morgan fingerprint density at radius 2 is 1.13 bits per heavy atom. The molecule has 1 heterocycles. The van der Waals surface area contributed by atoms with Gasteiger partial charge in [-0.25, -0.2) is 4.79 Å². The van der Waals surface area contributed by atoms with Gasteiger partial charge in [0.05, 0.1) is 33.0 Å². The van der Waals surface area contributed by atoms with Crippen LogP contribution < -0.4 is 5.32 Å². The minimum atomic E-state index is -1.14. The molecule has 4 aromatic rings. The Balaban J connectivity index is 1.20. The van der Waals surface area contributed by atoms with Crippen molar-refractivity contribution >= 4 is 6.09 Å². The predicted octanol–water partition coefficient (Wildman–Crippen LogP) is 5.79. The van der Waals surface area contributed by atoms with Crippen molar-refractivity contribution in [3.05, 3.63) is 144 Å². The largest absolute Gasteiger partial charge is 0.445 e. The van der Waals surface area contributed by atoms with Gasteiger partial charge in [-0.15, -0.1) is 0 Å². The summed E-state index contributed by atoms with van der Waals surface area (Å²) in [6, 6.07) is 39.0. The highest BCUT2D eigenvalue weighted by atomic mass is 16.7. The Morgan fingerprint density at radius 3 is 1.68 bits per heavy atom. The maximum atomic E-state index is 12.1. The first-order chi connectivity index (χ1) is 23.2. The number of benzene rings is 4. The zero-order valence-corrected chi connectivity index (χ0v) is 26.4. The van der Waals surface area contributed by atoms with Gasteiger partial charge in [0, 0.05) is 6.54 Å². The third-order valence-electron chi connectivity index (χ3n) is 7.66. The molecular formula is C38H43NO8. The van der Waals surface area contributed by atoms with E-state index in [0.29, 0.717) is 26.2 Å². The van der Waals surface area contributed by atoms with Gasteiger partial charge >= 0.3 is 6.09 Å². The van der Waals surface area contributed by atoms with E-state index >= 15 is 0 Å². The fourth-order valence-corrected chi connectivity index (χ4v) is 5.20. The molecule has 47 heavy (non-hydrogen) atoms. The van der Waals surface area contributed by atoms with Gasteiger partial charge in [0.1, 0.15) is 31.0 Å². The zero-order valence-electron chi connectivity index (χ0n) is 26.4. The zero-order chi connectivity index (χ0) is 32.5. The quantitative estimate of drug-likeness (QED) is 0.140. The van der Waals surface area contributed by atoms with Crippen LogP contribution in [0.5, 0.6) is 0 Å². The molecule has 0 saturated carbocycles. The smallest absolute Gasteiger partial charge is 0.407 e. The SMILES string of the molecule is O=C(NCCCO[C@H]1O[C@H](COCc2ccccc2)[C@@H](OCc2ccccc2)[C@H](OCc2ccccc2)[C@@H]1O)OCc1ccccc1. The maximum Gasteiger partial charge on any atom is 0.407 e. The standard InChI is InChI=1S/C38H43NO8/c40-34-36(45-26-31-18-9-3-10-19-31)35(44-25-30-16-7-2-8-17-30)33(28-42-24-29-14-5-1-6-15-29)47-37(34)43-23-13-22-39-38(41)46-27-32-20-11-4-12-21-32/h1-12,14-21,33-37,40H,13,22-28H2,(H,39,41)/t33-,34+,35-,36-,37+/m1/s1. The molecule has 1 aliphatic heterocycles. The highest BCUT2D eigenvalue weighted by molar-refractivity contribution is 5.67. The van der Waals surface area contributed by atoms with Crippen molar-refractivity contribution in [2.24, 2.45) is 0 Å². The lowest BCUT2D eigenvalue weighted by molar-refractivity contribution is -0.319. The van der Waals surface area contributed by atoms with Crippen molar-refractivity contribution in [3.63, 3.8) is 0 Å². The summed E-state index contributed by atoms with van der Waals surface area (Å²) in [5.41, 5.74) is 3.89. The van der Waals surface area contributed by atoms with Crippen LogP contribution in [0, 0.1) is 0 Å². The van der Waals surface area contributed by atoms with Gasteiger partial charge in [0.2, 0.25) is 0 Å². The average Bonchev–Trinajstić information content (AvgIpc) is 3.12. The summed E-state index contributed by atoms with van der Waals surface area (Å²) in [4.78, 5) is 12.1. The first-order valence-corrected chi connectivity index (χ1v) is 16.0. The maximum absolute atomic E-state index is 12.1. The number of ether oxygens (including phenoxy) is 6. The van der Waals surface area contributed by atoms with Crippen LogP contribution in [0.15, 0.2) is 121 Å². The van der Waals surface area contributed by atoms with Crippen molar-refractivity contribution in [1.29, 1.82) is 0 Å². The second-order valence-electron chi connectivity index (χ2n) is 11.3. The summed E-state index contributed by atoms with van der Waals surface area (Å²) in [5.74, 6) is 0. The normalized spacial score (nSPS) is 20.8. The third-order valence-corrected chi connectivity index (χ3v) is 7.66. The van der Waals surface area contributed by atoms with E-state index in [2.05, 4.69) is 5.32 Å². The summed E-state index contributed by atoms with van der Waals surface area (Å²) in [7, 11) is 0. The number of alkyl carbamates (subject to hydrolysis) is 1. The van der Waals surface area contributed by atoms with Crippen LogP contribution >= 0.6 is 0 Å². The molecule has 0 unspecified atom stereocenters. The van der Waals surface area contributed by atoms with E-state index in [1.54, 1.807) is 0 Å². The first kappa shape index (κ1) is 34.3. The lowest BCUT2D eigenvalue weighted by Crippen LogP contribution is -2.61. The molecule has 0 radical (unpaired) electrons. The van der Waals surface area contributed by atoms with E-state index in [1.807, 2.05) is 121 Å². The van der Waals surface area contributed by atoms with E-state index in [1.165, 1.54) is 0 Å². The van der Waals surface area contributed by atoms with E-state index in [4.69, 9.17) is 28.4 Å². The molecule has 0 aliphatic carbocycles. The van der Waals surface area contributed by atoms with Gasteiger partial charge in [0.25, 0.3) is 0 Å². The van der Waals surface area contributed by atoms with Crippen molar-refractivity contribution in [3.8, 4) is 0 Å². The Kier molecular flexibility index (Phi) is 13.8. The van der Waals surface area contributed by atoms with E-state index in [9.17, 15) is 9.90 Å². The van der Waals surface area contributed by atoms with E-state index in [0.717, 1.165) is 22.3 Å². The number of nitrogens with one attached hydrogen (secondary N) is 1. The number of carbonyl (C=O) groups excluding carboxylic acids is 1. The Bertz CT molecular complexity index is 1430. The van der Waals surface area contributed by atoms with Crippen LogP contribution in [0.2, 0.25) is 0 Å². The van der Waals surface area contributed by atoms with Gasteiger partial charge in [-0.3, -0.25) is 0 Å². The molecule has 0 bridgehead atoms. The Labute approximate surface area is 276 Å². The third kappa shape index (κ3) is 11.3. The summed E-state index contributed by atoms with van der Waals surface area (Å²) in [6.45, 7) is 1.91. The lowest BCUT2D eigenvalue weighted by atomic mass is 9.98. The Morgan fingerprint density at radius 1 is 0.638 bits per heavy atom. The molecule has 9 nitrogen and oxygen atoms in total. The summed E-state index contributed by atoms with van der Waals surface area (Å²) < 4.78 is 36.5. The number of hydrogen-bond acceptors (Lipinski definition) is 8. The fourth-order valence-electron chi connectivity index (χ4n) is 5.20. The van der Waals surface area contributed by atoms with Gasteiger partial charge in [-0.1, -0.05) is 121 Å². The number of amides is 1. The van der Waals surface area contributed by atoms with Gasteiger partial charge < -0.3 is 38.8 Å². The first-order valence-electron chi connectivity index (χ1n) is 16.0. The molecule has 2 N–H and O–H groups in total. The minimum Gasteiger partial charge on any atom is -0.445 e. The lowest BCUT2D eigenvalue weighted by Gasteiger charge is -2.44. The molecule has 5 atom stereocenters. The van der Waals surface area contributed by atoms with Gasteiger partial charge in [0.15, 0.2) is 6.29 Å². The fraction of sp³-hybridized carbons (Fsp3) is 0.342. The summed E-state index contributed by atoms with van der Waals surface area (Å²) in [6.07, 6.45) is -4.18. The van der Waals surface area contributed by atoms with Gasteiger partial charge in [-0.05, 0) is 28.7 Å². The van der Waals surface area contributed by atoms with Crippen LogP contribution in [0.25, 0.3) is 0 Å². The molecule has 1 fully saturated rings. The molecule has 0 spiro atoms. The molecule has 0 aromatic heterocycles. The topological polar surface area (TPSA) is 105 Å².